The van der Waals surface area contributed by atoms with Gasteiger partial charge in [-0.3, -0.25) is 23.1 Å². The summed E-state index contributed by atoms with van der Waals surface area (Å²) in [5, 5.41) is 35.4. The number of aromatic hydroxyl groups is 1. The Morgan fingerprint density at radius 1 is 1.30 bits per heavy atom. The fourth-order valence-corrected chi connectivity index (χ4v) is 8.33. The van der Waals surface area contributed by atoms with Crippen LogP contribution in [0.4, 0.5) is 5.95 Å². The molecule has 0 spiro atoms. The van der Waals surface area contributed by atoms with Crippen LogP contribution in [0.1, 0.15) is 39.6 Å². The minimum atomic E-state index is -4.06. The van der Waals surface area contributed by atoms with Gasteiger partial charge in [-0.2, -0.15) is 9.97 Å². The number of rotatable bonds is 12. The number of carbonyl (C=O) groups excluding carboxylic acids is 1. The molecule has 3 aromatic rings. The number of hydrogen-bond acceptors (Lipinski definition) is 15. The van der Waals surface area contributed by atoms with Crippen LogP contribution >= 0.6 is 18.1 Å². The summed E-state index contributed by atoms with van der Waals surface area (Å²) in [7, 11) is 4.20. The third kappa shape index (κ3) is 6.44. The van der Waals surface area contributed by atoms with E-state index in [-0.39, 0.29) is 40.3 Å². The van der Waals surface area contributed by atoms with Crippen molar-refractivity contribution in [1.29, 1.82) is 0 Å². The monoisotopic (exact) mass is 660 g/mol. The number of ether oxygens (including phenoxy) is 3. The van der Waals surface area contributed by atoms with Crippen LogP contribution < -0.4 is 21.2 Å². The second-order valence-electron chi connectivity index (χ2n) is 10.7. The highest BCUT2D eigenvalue weighted by Gasteiger charge is 2.54. The molecule has 0 radical (unpaired) electrons. The number of aliphatic hydroxyl groups is 2. The van der Waals surface area contributed by atoms with Crippen molar-refractivity contribution in [1.82, 2.24) is 33.7 Å². The number of fused-ring (bicyclic) bond motifs is 1. The van der Waals surface area contributed by atoms with E-state index in [4.69, 9.17) is 24.5 Å². The molecule has 6 atom stereocenters. The summed E-state index contributed by atoms with van der Waals surface area (Å²) in [6.45, 7) is 1.53. The number of nitrogen functional groups attached to an aromatic ring is 1. The lowest BCUT2D eigenvalue weighted by Gasteiger charge is -2.27. The van der Waals surface area contributed by atoms with Crippen molar-refractivity contribution in [2.45, 2.75) is 69.6 Å². The summed E-state index contributed by atoms with van der Waals surface area (Å²) in [5.74, 6) is -1.20. The van der Waals surface area contributed by atoms with Gasteiger partial charge in [-0.1, -0.05) is 0 Å². The average Bonchev–Trinajstić information content (AvgIpc) is 3.52. The molecule has 4 heterocycles. The number of hydrogen-bond donors (Lipinski definition) is 5. The van der Waals surface area contributed by atoms with Gasteiger partial charge in [-0.05, 0) is 39.1 Å². The number of aliphatic hydroxyl groups excluding tert-OH is 1. The lowest BCUT2D eigenvalue weighted by atomic mass is 9.96. The van der Waals surface area contributed by atoms with E-state index >= 15 is 0 Å². The summed E-state index contributed by atoms with van der Waals surface area (Å²) in [6.07, 6.45) is -3.14. The molecule has 18 nitrogen and oxygen atoms in total. The van der Waals surface area contributed by atoms with Crippen molar-refractivity contribution in [3.8, 4) is 11.8 Å². The van der Waals surface area contributed by atoms with E-state index in [0.717, 1.165) is 4.57 Å². The number of nitrogens with two attached hydrogens (primary N) is 1. The first-order valence-electron chi connectivity index (χ1n) is 13.4. The molecule has 20 heteroatoms. The normalized spacial score (nSPS) is 24.1. The number of nitrogens with zero attached hydrogens (tertiary/aromatic N) is 6. The summed E-state index contributed by atoms with van der Waals surface area (Å²) in [4.78, 5) is 37.1. The Morgan fingerprint density at radius 2 is 1.98 bits per heavy atom. The molecule has 0 aromatic carbocycles. The Morgan fingerprint density at radius 3 is 2.57 bits per heavy atom. The molecule has 244 valence electrons. The summed E-state index contributed by atoms with van der Waals surface area (Å²) < 4.78 is 39.9. The molecule has 0 bridgehead atoms. The number of anilines is 1. The maximum Gasteiger partial charge on any atom is 0.330 e. The smallest absolute Gasteiger partial charge is 0.330 e. The molecule has 1 aliphatic heterocycles. The third-order valence-corrected chi connectivity index (χ3v) is 11.0. The Balaban J connectivity index is 1.58. The molecule has 0 amide bonds. The van der Waals surface area contributed by atoms with E-state index in [9.17, 15) is 29.5 Å². The molecular formula is C24H37N8O10PS. The average molecular weight is 661 g/mol. The van der Waals surface area contributed by atoms with Crippen molar-refractivity contribution >= 4 is 41.2 Å². The molecule has 3 aromatic heterocycles. The second-order valence-corrected chi connectivity index (χ2v) is 15.0. The van der Waals surface area contributed by atoms with Gasteiger partial charge in [0, 0.05) is 19.8 Å². The van der Waals surface area contributed by atoms with Crippen LogP contribution in [0.15, 0.2) is 11.1 Å². The zero-order chi connectivity index (χ0) is 32.7. The van der Waals surface area contributed by atoms with Crippen molar-refractivity contribution in [2.75, 3.05) is 19.5 Å². The number of esters is 1. The van der Waals surface area contributed by atoms with Gasteiger partial charge < -0.3 is 39.8 Å². The Kier molecular flexibility index (Phi) is 9.70. The van der Waals surface area contributed by atoms with E-state index < -0.39 is 61.2 Å². The minimum absolute atomic E-state index is 0.0976. The molecule has 6 N–H and O–H groups in total. The van der Waals surface area contributed by atoms with E-state index in [0.29, 0.717) is 11.4 Å². The maximum absolute atomic E-state index is 14.1. The summed E-state index contributed by atoms with van der Waals surface area (Å²) in [6, 6.07) is -1.09. The Hall–Kier alpha value is -3.19. The maximum atomic E-state index is 14.1. The van der Waals surface area contributed by atoms with E-state index in [2.05, 4.69) is 20.0 Å². The highest BCUT2D eigenvalue weighted by atomic mass is 32.7. The lowest BCUT2D eigenvalue weighted by Crippen LogP contribution is -2.44. The van der Waals surface area contributed by atoms with Crippen LogP contribution in [0.5, 0.6) is 11.8 Å². The standard InChI is InChI=1S/C24H37N8O10PS/c1-11(2)41-20(35)12(3)29-43(38,44-9-13-19(34)31(6)23(36)30(13)5)40-8-14-16(33)24(4,37)21(42-14)32-10-26-15-17(32)27-22(25)28-18(15)39-7/h10-12,14,16,21,33-34,37H,8-9H2,1-7H3,(H,29,38)(H2,25,27,28)/t12?,14?,16-,21-,24-,43?/m1/s1. The Bertz CT molecular complexity index is 1640. The zero-order valence-corrected chi connectivity index (χ0v) is 26.9. The van der Waals surface area contributed by atoms with Gasteiger partial charge in [-0.15, -0.1) is 0 Å². The number of carbonyl (C=O) groups is 1. The Labute approximate surface area is 255 Å². The van der Waals surface area contributed by atoms with Crippen molar-refractivity contribution in [3.63, 3.8) is 0 Å². The van der Waals surface area contributed by atoms with Gasteiger partial charge in [0.1, 0.15) is 23.9 Å². The molecule has 0 aliphatic carbocycles. The van der Waals surface area contributed by atoms with Crippen LogP contribution in [-0.4, -0.2) is 93.6 Å². The number of imidazole rings is 2. The first-order valence-corrected chi connectivity index (χ1v) is 16.6. The zero-order valence-electron chi connectivity index (χ0n) is 25.2. The molecule has 1 aliphatic rings. The van der Waals surface area contributed by atoms with Crippen molar-refractivity contribution in [3.05, 3.63) is 22.5 Å². The lowest BCUT2D eigenvalue weighted by molar-refractivity contribution is -0.149. The van der Waals surface area contributed by atoms with E-state index in [1.54, 1.807) is 13.8 Å². The van der Waals surface area contributed by atoms with Crippen LogP contribution in [0.3, 0.4) is 0 Å². The molecule has 44 heavy (non-hydrogen) atoms. The van der Waals surface area contributed by atoms with Gasteiger partial charge in [0.25, 0.3) is 0 Å². The van der Waals surface area contributed by atoms with Gasteiger partial charge >= 0.3 is 18.4 Å². The topological polar surface area (TPSA) is 240 Å². The fourth-order valence-electron chi connectivity index (χ4n) is 4.59. The number of aromatic nitrogens is 6. The fraction of sp³-hybridized carbons (Fsp3) is 0.625. The van der Waals surface area contributed by atoms with Crippen molar-refractivity contribution in [2.24, 2.45) is 14.1 Å². The molecule has 3 unspecified atom stereocenters. The van der Waals surface area contributed by atoms with Gasteiger partial charge in [0.15, 0.2) is 17.4 Å². The number of nitrogens with one attached hydrogen (secondary N) is 1. The highest BCUT2D eigenvalue weighted by Crippen LogP contribution is 2.58. The first-order chi connectivity index (χ1) is 20.5. The second kappa shape index (κ2) is 12.7. The van der Waals surface area contributed by atoms with Crippen LogP contribution in [0, 0.1) is 0 Å². The molecule has 0 saturated carbocycles. The number of methoxy groups -OCH3 is 1. The third-order valence-electron chi connectivity index (χ3n) is 7.00. The summed E-state index contributed by atoms with van der Waals surface area (Å²) >= 11 is 0.704. The molecular weight excluding hydrogens is 623 g/mol. The van der Waals surface area contributed by atoms with Crippen LogP contribution in [-0.2, 0) is 43.2 Å². The van der Waals surface area contributed by atoms with Crippen LogP contribution in [0.25, 0.3) is 11.2 Å². The van der Waals surface area contributed by atoms with E-state index in [1.165, 1.54) is 50.5 Å². The highest BCUT2D eigenvalue weighted by molar-refractivity contribution is 8.55. The van der Waals surface area contributed by atoms with Gasteiger partial charge in [0.05, 0.1) is 31.8 Å². The van der Waals surface area contributed by atoms with Crippen LogP contribution in [0.2, 0.25) is 0 Å². The molecule has 1 saturated heterocycles. The predicted molar refractivity (Wildman–Crippen MR) is 158 cm³/mol. The van der Waals surface area contributed by atoms with Crippen molar-refractivity contribution < 1.29 is 43.4 Å². The minimum Gasteiger partial charge on any atom is -0.493 e. The SMILES string of the molecule is COc1nc(N)nc2c1ncn2[C@@H]1OC(COP(=O)(NC(C)C(=O)OC(C)C)SCc2c(O)n(C)c(=O)n2C)[C@@H](O)[C@@]1(C)O. The van der Waals surface area contributed by atoms with Gasteiger partial charge in [-0.25, -0.2) is 14.9 Å². The first kappa shape index (κ1) is 33.7. The summed E-state index contributed by atoms with van der Waals surface area (Å²) in [5.41, 5.74) is 3.96. The van der Waals surface area contributed by atoms with E-state index in [1.807, 2.05) is 0 Å². The molecule has 4 rings (SSSR count). The predicted octanol–water partition coefficient (Wildman–Crippen LogP) is 0.157. The molecule has 1 fully saturated rings. The van der Waals surface area contributed by atoms with Gasteiger partial charge in [0.2, 0.25) is 17.7 Å². The largest absolute Gasteiger partial charge is 0.493 e. The quantitative estimate of drug-likeness (QED) is 0.128.